The van der Waals surface area contributed by atoms with Gasteiger partial charge in [-0.05, 0) is 32.6 Å². The number of unbranched alkanes of at least 4 members (excludes halogenated alkanes) is 8. The summed E-state index contributed by atoms with van der Waals surface area (Å²) in [6.07, 6.45) is 16.5. The van der Waals surface area contributed by atoms with E-state index in [0.717, 1.165) is 103 Å². The summed E-state index contributed by atoms with van der Waals surface area (Å²) in [6, 6.07) is -0.673. The van der Waals surface area contributed by atoms with Crippen LogP contribution in [0.3, 0.4) is 0 Å². The van der Waals surface area contributed by atoms with Gasteiger partial charge in [0, 0.05) is 0 Å². The summed E-state index contributed by atoms with van der Waals surface area (Å²) in [4.78, 5) is 39.8. The molecule has 0 aromatic heterocycles. The number of ether oxygens (including phenoxy) is 2. The van der Waals surface area contributed by atoms with Crippen LogP contribution < -0.4 is 5.73 Å². The molecular weight excluding hydrogens is 480 g/mol. The molecule has 1 unspecified atom stereocenters. The number of nitrogens with two attached hydrogens (primary N) is 1. The molecule has 0 aliphatic rings. The van der Waals surface area contributed by atoms with Gasteiger partial charge in [0.2, 0.25) is 5.91 Å². The molecule has 0 radical (unpaired) electrons. The Morgan fingerprint density at radius 2 is 0.921 bits per heavy atom. The Bertz CT molecular complexity index is 549. The maximum atomic E-state index is 12.8. The molecule has 0 fully saturated rings. The van der Waals surface area contributed by atoms with Gasteiger partial charge >= 0.3 is 11.9 Å². The van der Waals surface area contributed by atoms with E-state index in [1.165, 1.54) is 0 Å². The number of rotatable bonds is 25. The van der Waals surface area contributed by atoms with E-state index in [0.29, 0.717) is 0 Å². The summed E-state index contributed by atoms with van der Waals surface area (Å²) in [5.74, 6) is -0.729. The fraction of sp³-hybridized carbons (Fsp3) is 0.903. The lowest BCUT2D eigenvalue weighted by Gasteiger charge is -2.25. The van der Waals surface area contributed by atoms with Crippen molar-refractivity contribution in [3.8, 4) is 0 Å². The third-order valence-corrected chi connectivity index (χ3v) is 7.20. The second-order valence-electron chi connectivity index (χ2n) is 10.8. The molecule has 38 heavy (non-hydrogen) atoms. The molecule has 224 valence electrons. The number of nitrogens with zero attached hydrogens (tertiary/aromatic N) is 1. The summed E-state index contributed by atoms with van der Waals surface area (Å²) >= 11 is 0. The van der Waals surface area contributed by atoms with Crippen LogP contribution in [0.4, 0.5) is 0 Å². The Labute approximate surface area is 233 Å². The van der Waals surface area contributed by atoms with Crippen LogP contribution in [0.15, 0.2) is 0 Å². The normalized spacial score (nSPS) is 12.1. The highest BCUT2D eigenvalue weighted by molar-refractivity contribution is 5.81. The van der Waals surface area contributed by atoms with Crippen molar-refractivity contribution in [1.29, 1.82) is 0 Å². The zero-order chi connectivity index (χ0) is 28.6. The number of hydrogen-bond donors (Lipinski definition) is 1. The van der Waals surface area contributed by atoms with Gasteiger partial charge in [-0.15, -0.1) is 0 Å². The summed E-state index contributed by atoms with van der Waals surface area (Å²) in [7, 11) is 0. The molecule has 0 saturated carbocycles. The smallest absolute Gasteiger partial charge is 0.308 e. The molecular formula is C31H60N2O5. The molecule has 0 bridgehead atoms. The molecule has 0 saturated heterocycles. The second kappa shape index (κ2) is 24.4. The minimum Gasteiger partial charge on any atom is -0.464 e. The third-order valence-electron chi connectivity index (χ3n) is 7.20. The van der Waals surface area contributed by atoms with Crippen LogP contribution in [0, 0.1) is 11.8 Å². The quantitative estimate of drug-likeness (QED) is 0.101. The standard InChI is InChI=1S/C31H60N2O5/c1-6-10-14-18-27(19-15-11-7-2)30(35)37-24-22-33(29(34)26(5)32)23-25-38-31(36)28(20-16-12-8-3)21-17-13-9-4/h26-28H,6-25,32H2,1-5H3. The molecule has 0 spiro atoms. The van der Waals surface area contributed by atoms with Crippen molar-refractivity contribution in [1.82, 2.24) is 4.90 Å². The van der Waals surface area contributed by atoms with Crippen LogP contribution in [0.1, 0.15) is 137 Å². The lowest BCUT2D eigenvalue weighted by molar-refractivity contribution is -0.152. The van der Waals surface area contributed by atoms with Gasteiger partial charge in [-0.2, -0.15) is 0 Å². The van der Waals surface area contributed by atoms with Gasteiger partial charge in [0.1, 0.15) is 13.2 Å². The van der Waals surface area contributed by atoms with Crippen molar-refractivity contribution >= 4 is 17.8 Å². The highest BCUT2D eigenvalue weighted by atomic mass is 16.5. The minimum absolute atomic E-state index is 0.0796. The monoisotopic (exact) mass is 540 g/mol. The maximum Gasteiger partial charge on any atom is 0.308 e. The van der Waals surface area contributed by atoms with Crippen LogP contribution in [-0.4, -0.2) is 55.1 Å². The van der Waals surface area contributed by atoms with E-state index >= 15 is 0 Å². The van der Waals surface area contributed by atoms with Crippen LogP contribution in [-0.2, 0) is 23.9 Å². The zero-order valence-corrected chi connectivity index (χ0v) is 25.4. The molecule has 1 amide bonds. The Hall–Kier alpha value is -1.63. The van der Waals surface area contributed by atoms with Crippen molar-refractivity contribution in [2.75, 3.05) is 26.3 Å². The number of esters is 2. The summed E-state index contributed by atoms with van der Waals surface area (Å²) in [5.41, 5.74) is 5.86. The molecule has 7 nitrogen and oxygen atoms in total. The van der Waals surface area contributed by atoms with E-state index in [1.54, 1.807) is 11.8 Å². The van der Waals surface area contributed by atoms with Crippen molar-refractivity contribution in [3.63, 3.8) is 0 Å². The zero-order valence-electron chi connectivity index (χ0n) is 25.4. The Morgan fingerprint density at radius 1 is 0.605 bits per heavy atom. The number of carbonyl (C=O) groups excluding carboxylic acids is 3. The van der Waals surface area contributed by atoms with Gasteiger partial charge in [0.25, 0.3) is 0 Å². The Balaban J connectivity index is 4.86. The first-order valence-electron chi connectivity index (χ1n) is 15.7. The van der Waals surface area contributed by atoms with E-state index < -0.39 is 6.04 Å². The highest BCUT2D eigenvalue weighted by Crippen LogP contribution is 2.20. The molecule has 0 rings (SSSR count). The van der Waals surface area contributed by atoms with Crippen molar-refractivity contribution < 1.29 is 23.9 Å². The molecule has 0 heterocycles. The first kappa shape index (κ1) is 36.4. The van der Waals surface area contributed by atoms with Crippen LogP contribution in [0.2, 0.25) is 0 Å². The third kappa shape index (κ3) is 17.8. The minimum atomic E-state index is -0.673. The van der Waals surface area contributed by atoms with Crippen molar-refractivity contribution in [2.24, 2.45) is 17.6 Å². The molecule has 0 aromatic carbocycles. The number of amides is 1. The second-order valence-corrected chi connectivity index (χ2v) is 10.8. The molecule has 2 N–H and O–H groups in total. The summed E-state index contributed by atoms with van der Waals surface area (Å²) in [6.45, 7) is 11.0. The topological polar surface area (TPSA) is 98.9 Å². The summed E-state index contributed by atoms with van der Waals surface area (Å²) in [5, 5.41) is 0. The van der Waals surface area contributed by atoms with E-state index in [-0.39, 0.29) is 56.0 Å². The summed E-state index contributed by atoms with van der Waals surface area (Å²) < 4.78 is 11.2. The van der Waals surface area contributed by atoms with Crippen LogP contribution in [0.5, 0.6) is 0 Å². The number of hydrogen-bond acceptors (Lipinski definition) is 6. The molecule has 1 atom stereocenters. The predicted octanol–water partition coefficient (Wildman–Crippen LogP) is 6.80. The van der Waals surface area contributed by atoms with Crippen molar-refractivity contribution in [2.45, 2.75) is 143 Å². The molecule has 0 aliphatic heterocycles. The Morgan fingerprint density at radius 3 is 1.18 bits per heavy atom. The molecule has 7 heteroatoms. The Kier molecular flexibility index (Phi) is 23.4. The van der Waals surface area contributed by atoms with Gasteiger partial charge in [-0.1, -0.05) is 105 Å². The fourth-order valence-corrected chi connectivity index (χ4v) is 4.69. The maximum absolute atomic E-state index is 12.8. The molecule has 0 aromatic rings. The predicted molar refractivity (Wildman–Crippen MR) is 156 cm³/mol. The number of carbonyl (C=O) groups is 3. The van der Waals surface area contributed by atoms with Crippen LogP contribution >= 0.6 is 0 Å². The van der Waals surface area contributed by atoms with Gasteiger partial charge < -0.3 is 20.1 Å². The SMILES string of the molecule is CCCCCC(CCCCC)C(=O)OCCN(CCOC(=O)C(CCCCC)CCCCC)C(=O)C(C)N. The van der Waals surface area contributed by atoms with Gasteiger partial charge in [-0.25, -0.2) is 0 Å². The molecule has 0 aliphatic carbocycles. The first-order chi connectivity index (χ1) is 18.3. The van der Waals surface area contributed by atoms with Crippen molar-refractivity contribution in [3.05, 3.63) is 0 Å². The van der Waals surface area contributed by atoms with Gasteiger partial charge in [0.15, 0.2) is 0 Å². The fourth-order valence-electron chi connectivity index (χ4n) is 4.69. The van der Waals surface area contributed by atoms with Crippen LogP contribution in [0.25, 0.3) is 0 Å². The van der Waals surface area contributed by atoms with E-state index in [9.17, 15) is 14.4 Å². The lowest BCUT2D eigenvalue weighted by atomic mass is 9.95. The highest BCUT2D eigenvalue weighted by Gasteiger charge is 2.23. The van der Waals surface area contributed by atoms with Gasteiger partial charge in [-0.3, -0.25) is 14.4 Å². The van der Waals surface area contributed by atoms with E-state index in [1.807, 2.05) is 0 Å². The van der Waals surface area contributed by atoms with Gasteiger partial charge in [0.05, 0.1) is 31.0 Å². The largest absolute Gasteiger partial charge is 0.464 e. The lowest BCUT2D eigenvalue weighted by Crippen LogP contribution is -2.45. The first-order valence-corrected chi connectivity index (χ1v) is 15.7. The van der Waals surface area contributed by atoms with E-state index in [4.69, 9.17) is 15.2 Å². The average Bonchev–Trinajstić information content (AvgIpc) is 2.90. The van der Waals surface area contributed by atoms with E-state index in [2.05, 4.69) is 27.7 Å². The average molecular weight is 541 g/mol.